The van der Waals surface area contributed by atoms with E-state index in [0.29, 0.717) is 0 Å². The van der Waals surface area contributed by atoms with Crippen molar-refractivity contribution in [2.45, 2.75) is 53.1 Å². The lowest BCUT2D eigenvalue weighted by Crippen LogP contribution is -2.28. The molecule has 0 aromatic heterocycles. The van der Waals surface area contributed by atoms with Crippen molar-refractivity contribution in [3.8, 4) is 0 Å². The molecule has 0 fully saturated rings. The van der Waals surface area contributed by atoms with Crippen LogP contribution >= 0.6 is 0 Å². The van der Waals surface area contributed by atoms with Crippen LogP contribution in [0, 0.1) is 5.92 Å². The molecular formula is C12H22O2. The summed E-state index contributed by atoms with van der Waals surface area (Å²) in [6.45, 7) is 9.66. The Morgan fingerprint density at radius 3 is 2.36 bits per heavy atom. The predicted octanol–water partition coefficient (Wildman–Crippen LogP) is 3.32. The van der Waals surface area contributed by atoms with Gasteiger partial charge in [-0.05, 0) is 40.5 Å². The van der Waals surface area contributed by atoms with Crippen LogP contribution in [-0.4, -0.2) is 11.6 Å². The van der Waals surface area contributed by atoms with Gasteiger partial charge in [0.1, 0.15) is 5.60 Å². The molecule has 0 amide bonds. The first-order valence-corrected chi connectivity index (χ1v) is 5.24. The molecule has 0 aliphatic rings. The normalized spacial score (nSPS) is 14.4. The molecule has 0 saturated heterocycles. The maximum Gasteiger partial charge on any atom is 0.309 e. The molecule has 82 valence electrons. The van der Waals surface area contributed by atoms with E-state index in [4.69, 9.17) is 4.74 Å². The first kappa shape index (κ1) is 13.2. The van der Waals surface area contributed by atoms with Gasteiger partial charge >= 0.3 is 5.97 Å². The lowest BCUT2D eigenvalue weighted by Gasteiger charge is -2.22. The molecule has 0 aromatic carbocycles. The van der Waals surface area contributed by atoms with Gasteiger partial charge < -0.3 is 4.74 Å². The highest BCUT2D eigenvalue weighted by Gasteiger charge is 2.22. The maximum absolute atomic E-state index is 11.6. The molecule has 1 atom stereocenters. The number of carbonyl (C=O) groups excluding carboxylic acids is 1. The summed E-state index contributed by atoms with van der Waals surface area (Å²) in [5.41, 5.74) is -0.375. The number of hydrogen-bond donors (Lipinski definition) is 0. The van der Waals surface area contributed by atoms with Crippen molar-refractivity contribution in [3.05, 3.63) is 12.2 Å². The average Bonchev–Trinajstić information content (AvgIpc) is 2.02. The minimum atomic E-state index is -0.375. The molecule has 2 nitrogen and oxygen atoms in total. The van der Waals surface area contributed by atoms with Crippen molar-refractivity contribution < 1.29 is 9.53 Å². The van der Waals surface area contributed by atoms with E-state index in [9.17, 15) is 4.79 Å². The summed E-state index contributed by atoms with van der Waals surface area (Å²) in [6, 6.07) is 0. The minimum Gasteiger partial charge on any atom is -0.460 e. The van der Waals surface area contributed by atoms with Gasteiger partial charge in [-0.2, -0.15) is 0 Å². The SMILES string of the molecule is C/C=C\CC(CC)C(=O)OC(C)(C)C. The fraction of sp³-hybridized carbons (Fsp3) is 0.750. The number of hydrogen-bond acceptors (Lipinski definition) is 2. The van der Waals surface area contributed by atoms with Gasteiger partial charge in [-0.1, -0.05) is 19.1 Å². The largest absolute Gasteiger partial charge is 0.460 e. The summed E-state index contributed by atoms with van der Waals surface area (Å²) in [4.78, 5) is 11.6. The van der Waals surface area contributed by atoms with Crippen LogP contribution in [0.1, 0.15) is 47.5 Å². The Kier molecular flexibility index (Phi) is 5.51. The summed E-state index contributed by atoms with van der Waals surface area (Å²) in [5, 5.41) is 0. The average molecular weight is 198 g/mol. The second-order valence-electron chi connectivity index (χ2n) is 4.44. The summed E-state index contributed by atoms with van der Waals surface area (Å²) in [5.74, 6) is -0.0801. The number of rotatable bonds is 4. The Hall–Kier alpha value is -0.790. The third-order valence-corrected chi connectivity index (χ3v) is 1.89. The smallest absolute Gasteiger partial charge is 0.309 e. The Labute approximate surface area is 87.3 Å². The highest BCUT2D eigenvalue weighted by molar-refractivity contribution is 5.73. The third-order valence-electron chi connectivity index (χ3n) is 1.89. The highest BCUT2D eigenvalue weighted by atomic mass is 16.6. The Morgan fingerprint density at radius 1 is 1.43 bits per heavy atom. The third kappa shape index (κ3) is 5.79. The van der Waals surface area contributed by atoms with E-state index in [-0.39, 0.29) is 17.5 Å². The van der Waals surface area contributed by atoms with Gasteiger partial charge in [0.05, 0.1) is 5.92 Å². The van der Waals surface area contributed by atoms with Crippen molar-refractivity contribution in [3.63, 3.8) is 0 Å². The summed E-state index contributed by atoms with van der Waals surface area (Å²) < 4.78 is 5.31. The van der Waals surface area contributed by atoms with Gasteiger partial charge in [-0.3, -0.25) is 4.79 Å². The van der Waals surface area contributed by atoms with Crippen LogP contribution in [0.3, 0.4) is 0 Å². The van der Waals surface area contributed by atoms with E-state index < -0.39 is 0 Å². The summed E-state index contributed by atoms with van der Waals surface area (Å²) in [7, 11) is 0. The van der Waals surface area contributed by atoms with Crippen molar-refractivity contribution >= 4 is 5.97 Å². The van der Waals surface area contributed by atoms with Crippen molar-refractivity contribution in [1.82, 2.24) is 0 Å². The summed E-state index contributed by atoms with van der Waals surface area (Å²) in [6.07, 6.45) is 5.59. The maximum atomic E-state index is 11.6. The minimum absolute atomic E-state index is 0.00502. The van der Waals surface area contributed by atoms with Crippen molar-refractivity contribution in [2.24, 2.45) is 5.92 Å². The van der Waals surface area contributed by atoms with Gasteiger partial charge in [0.15, 0.2) is 0 Å². The molecule has 0 spiro atoms. The fourth-order valence-corrected chi connectivity index (χ4v) is 1.12. The number of ether oxygens (including phenoxy) is 1. The Morgan fingerprint density at radius 2 is 2.00 bits per heavy atom. The molecule has 0 bridgehead atoms. The molecule has 0 radical (unpaired) electrons. The van der Waals surface area contributed by atoms with Crippen LogP contribution in [0.4, 0.5) is 0 Å². The van der Waals surface area contributed by atoms with Crippen LogP contribution in [0.15, 0.2) is 12.2 Å². The van der Waals surface area contributed by atoms with Crippen LogP contribution in [0.25, 0.3) is 0 Å². The van der Waals surface area contributed by atoms with E-state index in [2.05, 4.69) is 0 Å². The molecule has 2 heteroatoms. The van der Waals surface area contributed by atoms with Gasteiger partial charge in [0, 0.05) is 0 Å². The van der Waals surface area contributed by atoms with Gasteiger partial charge in [0.25, 0.3) is 0 Å². The molecule has 0 saturated carbocycles. The lowest BCUT2D eigenvalue weighted by atomic mass is 10.0. The standard InChI is InChI=1S/C12H22O2/c1-6-8-9-10(7-2)11(13)14-12(3,4)5/h6,8,10H,7,9H2,1-5H3/b8-6-. The van der Waals surface area contributed by atoms with Crippen molar-refractivity contribution in [2.75, 3.05) is 0 Å². The monoisotopic (exact) mass is 198 g/mol. The Bertz CT molecular complexity index is 199. The first-order valence-electron chi connectivity index (χ1n) is 5.24. The molecular weight excluding hydrogens is 176 g/mol. The molecule has 0 aliphatic heterocycles. The summed E-state index contributed by atoms with van der Waals surface area (Å²) >= 11 is 0. The quantitative estimate of drug-likeness (QED) is 0.511. The van der Waals surface area contributed by atoms with E-state index in [0.717, 1.165) is 12.8 Å². The van der Waals surface area contributed by atoms with E-state index >= 15 is 0 Å². The highest BCUT2D eigenvalue weighted by Crippen LogP contribution is 2.16. The van der Waals surface area contributed by atoms with Crippen molar-refractivity contribution in [1.29, 1.82) is 0 Å². The molecule has 0 rings (SSSR count). The lowest BCUT2D eigenvalue weighted by molar-refractivity contribution is -0.159. The number of esters is 1. The molecule has 1 unspecified atom stereocenters. The second-order valence-corrected chi connectivity index (χ2v) is 4.44. The number of allylic oxidation sites excluding steroid dienone is 2. The topological polar surface area (TPSA) is 26.3 Å². The van der Waals surface area contributed by atoms with Gasteiger partial charge in [0.2, 0.25) is 0 Å². The van der Waals surface area contributed by atoms with Crippen LogP contribution in [0.2, 0.25) is 0 Å². The number of carbonyl (C=O) groups is 1. The molecule has 0 N–H and O–H groups in total. The van der Waals surface area contributed by atoms with E-state index in [1.165, 1.54) is 0 Å². The van der Waals surface area contributed by atoms with Gasteiger partial charge in [-0.25, -0.2) is 0 Å². The van der Waals surface area contributed by atoms with E-state index in [1.54, 1.807) is 0 Å². The van der Waals surface area contributed by atoms with Crippen LogP contribution in [0.5, 0.6) is 0 Å². The first-order chi connectivity index (χ1) is 6.40. The Balaban J connectivity index is 4.18. The zero-order valence-corrected chi connectivity index (χ0v) is 9.96. The van der Waals surface area contributed by atoms with Gasteiger partial charge in [-0.15, -0.1) is 0 Å². The molecule has 14 heavy (non-hydrogen) atoms. The zero-order valence-electron chi connectivity index (χ0n) is 9.96. The molecule has 0 aliphatic carbocycles. The van der Waals surface area contributed by atoms with E-state index in [1.807, 2.05) is 46.8 Å². The predicted molar refractivity (Wildman–Crippen MR) is 59.1 cm³/mol. The zero-order chi connectivity index (χ0) is 11.2. The molecule has 0 aromatic rings. The second kappa shape index (κ2) is 5.84. The van der Waals surface area contributed by atoms with Crippen LogP contribution < -0.4 is 0 Å². The van der Waals surface area contributed by atoms with Crippen LogP contribution in [-0.2, 0) is 9.53 Å². The fourth-order valence-electron chi connectivity index (χ4n) is 1.12. The molecule has 0 heterocycles.